The Morgan fingerprint density at radius 2 is 2.03 bits per heavy atom. The smallest absolute Gasteiger partial charge is 0.400 e. The Morgan fingerprint density at radius 1 is 1.35 bits per heavy atom. The molecule has 1 aliphatic heterocycles. The van der Waals surface area contributed by atoms with Crippen LogP contribution in [0.1, 0.15) is 38.7 Å². The zero-order valence-electron chi connectivity index (χ0n) is 17.8. The second-order valence-corrected chi connectivity index (χ2v) is 8.54. The lowest BCUT2D eigenvalue weighted by Crippen LogP contribution is -2.51. The first-order valence-corrected chi connectivity index (χ1v) is 10.3. The number of ether oxygens (including phenoxy) is 1. The molecule has 2 heterocycles. The lowest BCUT2D eigenvalue weighted by atomic mass is 9.74. The summed E-state index contributed by atoms with van der Waals surface area (Å²) >= 11 is 0. The van der Waals surface area contributed by atoms with E-state index in [1.165, 1.54) is 18.2 Å². The van der Waals surface area contributed by atoms with E-state index in [1.807, 2.05) is 6.92 Å². The molecular weight excluding hydrogens is 411 g/mol. The van der Waals surface area contributed by atoms with E-state index in [4.69, 9.17) is 15.6 Å². The van der Waals surface area contributed by atoms with Gasteiger partial charge in [0, 0.05) is 36.3 Å². The molecule has 1 amide bonds. The number of likely N-dealkylation sites (tertiary alicyclic amines) is 1. The third kappa shape index (κ3) is 4.67. The van der Waals surface area contributed by atoms with Crippen LogP contribution in [-0.2, 0) is 4.79 Å². The Morgan fingerprint density at radius 3 is 2.52 bits per heavy atom. The van der Waals surface area contributed by atoms with Crippen LogP contribution >= 0.6 is 0 Å². The van der Waals surface area contributed by atoms with Crippen LogP contribution in [0.15, 0.2) is 18.3 Å². The zero-order chi connectivity index (χ0) is 23.0. The number of alkyl halides is 3. The number of rotatable bonds is 5. The minimum atomic E-state index is -4.54. The molecule has 0 spiro atoms. The summed E-state index contributed by atoms with van der Waals surface area (Å²) in [5.74, 6) is -2.13. The van der Waals surface area contributed by atoms with E-state index >= 15 is 0 Å². The number of halogens is 3. The second kappa shape index (κ2) is 8.47. The minimum Gasteiger partial charge on any atom is -0.481 e. The first-order chi connectivity index (χ1) is 14.5. The average molecular weight is 439 g/mol. The van der Waals surface area contributed by atoms with Crippen LogP contribution in [0.2, 0.25) is 0 Å². The molecule has 1 aromatic rings. The van der Waals surface area contributed by atoms with E-state index in [2.05, 4.69) is 10.3 Å². The largest absolute Gasteiger partial charge is 0.481 e. The van der Waals surface area contributed by atoms with Crippen LogP contribution in [0, 0.1) is 34.0 Å². The number of amides is 1. The molecule has 7 nitrogen and oxygen atoms in total. The number of carbonyl (C=O) groups excluding carboxylic acids is 1. The van der Waals surface area contributed by atoms with E-state index < -0.39 is 23.4 Å². The highest BCUT2D eigenvalue weighted by molar-refractivity contribution is 6.09. The molecule has 31 heavy (non-hydrogen) atoms. The third-order valence-corrected chi connectivity index (χ3v) is 6.56. The van der Waals surface area contributed by atoms with Crippen molar-refractivity contribution in [3.8, 4) is 5.88 Å². The Labute approximate surface area is 179 Å². The molecule has 0 aromatic carbocycles. The normalized spacial score (nSPS) is 23.6. The molecule has 1 saturated heterocycles. The Hall–Kier alpha value is -2.65. The van der Waals surface area contributed by atoms with Crippen molar-refractivity contribution < 1.29 is 22.7 Å². The number of aromatic nitrogens is 1. The van der Waals surface area contributed by atoms with Gasteiger partial charge in [0.25, 0.3) is 0 Å². The van der Waals surface area contributed by atoms with Gasteiger partial charge in [-0.3, -0.25) is 15.6 Å². The van der Waals surface area contributed by atoms with Gasteiger partial charge in [0.1, 0.15) is 17.6 Å². The van der Waals surface area contributed by atoms with Crippen molar-refractivity contribution >= 4 is 17.6 Å². The highest BCUT2D eigenvalue weighted by Crippen LogP contribution is 2.57. The monoisotopic (exact) mass is 439 g/mol. The van der Waals surface area contributed by atoms with Gasteiger partial charge in [0.15, 0.2) is 0 Å². The molecule has 2 aliphatic rings. The Bertz CT molecular complexity index is 852. The lowest BCUT2D eigenvalue weighted by molar-refractivity contribution is -0.187. The molecule has 170 valence electrons. The maximum absolute atomic E-state index is 12.9. The van der Waals surface area contributed by atoms with Gasteiger partial charge in [-0.25, -0.2) is 4.98 Å². The predicted molar refractivity (Wildman–Crippen MR) is 109 cm³/mol. The molecular formula is C21H28F3N5O2. The number of pyridine rings is 1. The average Bonchev–Trinajstić information content (AvgIpc) is 3.53. The van der Waals surface area contributed by atoms with E-state index in [9.17, 15) is 18.0 Å². The lowest BCUT2D eigenvalue weighted by Gasteiger charge is -2.42. The number of nitrogens with zero attached hydrogens (tertiary/aromatic N) is 2. The van der Waals surface area contributed by atoms with Crippen molar-refractivity contribution in [1.29, 1.82) is 10.8 Å². The fourth-order valence-electron chi connectivity index (χ4n) is 4.49. The van der Waals surface area contributed by atoms with Crippen molar-refractivity contribution in [2.24, 2.45) is 23.2 Å². The summed E-state index contributed by atoms with van der Waals surface area (Å²) in [7, 11) is 1.50. The van der Waals surface area contributed by atoms with Crippen molar-refractivity contribution in [3.63, 3.8) is 0 Å². The maximum atomic E-state index is 12.9. The summed E-state index contributed by atoms with van der Waals surface area (Å²) in [6.07, 6.45) is -0.935. The van der Waals surface area contributed by atoms with Crippen molar-refractivity contribution in [1.82, 2.24) is 15.2 Å². The van der Waals surface area contributed by atoms with Gasteiger partial charge < -0.3 is 15.0 Å². The number of hydrogen-bond acceptors (Lipinski definition) is 5. The number of carbonyl (C=O) groups is 1. The molecule has 0 unspecified atom stereocenters. The van der Waals surface area contributed by atoms with Crippen LogP contribution in [0.3, 0.4) is 0 Å². The summed E-state index contributed by atoms with van der Waals surface area (Å²) in [6, 6.07) is 3.32. The topological polar surface area (TPSA) is 102 Å². The third-order valence-electron chi connectivity index (χ3n) is 6.56. The van der Waals surface area contributed by atoms with Gasteiger partial charge in [0.05, 0.1) is 7.11 Å². The minimum absolute atomic E-state index is 0.0420. The zero-order valence-corrected chi connectivity index (χ0v) is 17.8. The quantitative estimate of drug-likeness (QED) is 0.483. The molecule has 3 rings (SSSR count). The number of hydrogen-bond donors (Lipinski definition) is 3. The molecule has 0 bridgehead atoms. The molecule has 1 aliphatic carbocycles. The van der Waals surface area contributed by atoms with Gasteiger partial charge in [-0.15, -0.1) is 0 Å². The predicted octanol–water partition coefficient (Wildman–Crippen LogP) is 3.45. The van der Waals surface area contributed by atoms with Gasteiger partial charge in [-0.2, -0.15) is 13.2 Å². The fourth-order valence-corrected chi connectivity index (χ4v) is 4.49. The highest BCUT2D eigenvalue weighted by atomic mass is 19.4. The van der Waals surface area contributed by atoms with Gasteiger partial charge >= 0.3 is 6.18 Å². The van der Waals surface area contributed by atoms with Gasteiger partial charge in [-0.1, -0.05) is 6.92 Å². The summed E-state index contributed by atoms with van der Waals surface area (Å²) in [5, 5.41) is 19.7. The summed E-state index contributed by atoms with van der Waals surface area (Å²) in [6.45, 7) is 3.33. The molecule has 1 saturated carbocycles. The van der Waals surface area contributed by atoms with Crippen LogP contribution in [0.5, 0.6) is 5.88 Å². The van der Waals surface area contributed by atoms with Crippen molar-refractivity contribution in [2.75, 3.05) is 20.2 Å². The number of amidine groups is 2. The fraction of sp³-hybridized carbons (Fsp3) is 0.619. The maximum Gasteiger partial charge on any atom is 0.400 e. The van der Waals surface area contributed by atoms with E-state index in [0.717, 1.165) is 19.8 Å². The number of nitrogens with one attached hydrogen (secondary N) is 3. The standard InChI is InChI=1S/C21H28F3N5O2/c1-12-11-29(18(30)13(2)21(22,23)24)9-6-15(12)20(7-8-20)19(26)28-17(25)14-4-5-16(31-3)27-10-14/h4-5,10,12-13,15H,6-9,11H2,1-3H3,(H3,25,26,28)/t12-,13+,15+/m1/s1. The van der Waals surface area contributed by atoms with Crippen LogP contribution in [0.25, 0.3) is 0 Å². The SMILES string of the molecule is COc1ccc(C(=N)NC(=N)C2([C@H]3CCN(C(=O)[C@H](C)C(F)(F)F)C[C@H]3C)CC2)cn1. The first kappa shape index (κ1) is 23.0. The highest BCUT2D eigenvalue weighted by Gasteiger charge is 2.56. The summed E-state index contributed by atoms with van der Waals surface area (Å²) < 4.78 is 43.8. The number of methoxy groups -OCH3 is 1. The number of piperidine rings is 1. The Kier molecular flexibility index (Phi) is 6.29. The van der Waals surface area contributed by atoms with Crippen LogP contribution in [-0.4, -0.2) is 53.8 Å². The molecule has 10 heteroatoms. The van der Waals surface area contributed by atoms with Crippen molar-refractivity contribution in [3.05, 3.63) is 23.9 Å². The van der Waals surface area contributed by atoms with E-state index in [1.54, 1.807) is 12.1 Å². The van der Waals surface area contributed by atoms with Gasteiger partial charge in [0.2, 0.25) is 11.8 Å². The van der Waals surface area contributed by atoms with Crippen LogP contribution in [0.4, 0.5) is 13.2 Å². The van der Waals surface area contributed by atoms with Crippen molar-refractivity contribution in [2.45, 2.75) is 39.3 Å². The molecule has 1 aromatic heterocycles. The van der Waals surface area contributed by atoms with E-state index in [-0.39, 0.29) is 36.6 Å². The van der Waals surface area contributed by atoms with E-state index in [0.29, 0.717) is 17.9 Å². The molecule has 3 atom stereocenters. The van der Waals surface area contributed by atoms with Gasteiger partial charge in [-0.05, 0) is 44.1 Å². The Balaban J connectivity index is 1.62. The van der Waals surface area contributed by atoms with Crippen LogP contribution < -0.4 is 10.1 Å². The molecule has 0 radical (unpaired) electrons. The summed E-state index contributed by atoms with van der Waals surface area (Å²) in [5.41, 5.74) is 0.104. The molecule has 3 N–H and O–H groups in total. The first-order valence-electron chi connectivity index (χ1n) is 10.3. The summed E-state index contributed by atoms with van der Waals surface area (Å²) in [4.78, 5) is 17.6. The molecule has 2 fully saturated rings. The second-order valence-electron chi connectivity index (χ2n) is 8.54.